The number of hydrogen-bond acceptors (Lipinski definition) is 6. The summed E-state index contributed by atoms with van der Waals surface area (Å²) >= 11 is 0. The molecule has 0 atom stereocenters. The van der Waals surface area contributed by atoms with E-state index in [1.165, 1.54) is 32.3 Å². The zero-order valence-electron chi connectivity index (χ0n) is 30.0. The predicted octanol–water partition coefficient (Wildman–Crippen LogP) is 11.7. The molecule has 9 aromatic rings. The number of ether oxygens (including phenoxy) is 2. The van der Waals surface area contributed by atoms with Crippen LogP contribution in [0.4, 0.5) is 34.1 Å². The fourth-order valence-corrected chi connectivity index (χ4v) is 7.89. The number of fused-ring (bicyclic) bond motifs is 2. The molecule has 6 nitrogen and oxygen atoms in total. The van der Waals surface area contributed by atoms with Crippen molar-refractivity contribution in [2.24, 2.45) is 0 Å². The van der Waals surface area contributed by atoms with Crippen molar-refractivity contribution < 1.29 is 19.7 Å². The van der Waals surface area contributed by atoms with Crippen molar-refractivity contribution in [2.75, 3.05) is 24.0 Å². The van der Waals surface area contributed by atoms with Gasteiger partial charge >= 0.3 is 0 Å². The molecule has 0 saturated carbocycles. The molecule has 0 saturated heterocycles. The molecule has 2 N–H and O–H groups in total. The Balaban J connectivity index is 1.28. The van der Waals surface area contributed by atoms with Gasteiger partial charge in [-0.05, 0) is 128 Å². The van der Waals surface area contributed by atoms with Crippen LogP contribution in [0.3, 0.4) is 0 Å². The van der Waals surface area contributed by atoms with Crippen molar-refractivity contribution >= 4 is 77.2 Å². The lowest BCUT2D eigenvalue weighted by atomic mass is 9.88. The summed E-state index contributed by atoms with van der Waals surface area (Å²) < 4.78 is 11.0. The Hall–Kier alpha value is -6.60. The summed E-state index contributed by atoms with van der Waals surface area (Å²) in [6.07, 6.45) is 0. The Morgan fingerprint density at radius 3 is 1.02 bits per heavy atom. The fourth-order valence-electron chi connectivity index (χ4n) is 7.89. The average Bonchev–Trinajstić information content (AvgIpc) is 3.24. The lowest BCUT2D eigenvalue weighted by Crippen LogP contribution is -2.11. The van der Waals surface area contributed by atoms with Crippen LogP contribution >= 0.6 is 0 Å². The molecule has 0 aromatic heterocycles. The lowest BCUT2D eigenvalue weighted by molar-refractivity contribution is 0.281. The zero-order chi connectivity index (χ0) is 36.8. The third kappa shape index (κ3) is 5.51. The van der Waals surface area contributed by atoms with Crippen molar-refractivity contribution in [2.45, 2.75) is 13.2 Å². The van der Waals surface area contributed by atoms with E-state index in [1.54, 1.807) is 14.2 Å². The van der Waals surface area contributed by atoms with Gasteiger partial charge in [-0.1, -0.05) is 72.8 Å². The van der Waals surface area contributed by atoms with Gasteiger partial charge in [-0.2, -0.15) is 0 Å². The average molecular weight is 707 g/mol. The highest BCUT2D eigenvalue weighted by molar-refractivity contribution is 6.35. The van der Waals surface area contributed by atoms with Crippen LogP contribution in [-0.4, -0.2) is 24.4 Å². The number of aliphatic hydroxyl groups excluding tert-OH is 2. The minimum absolute atomic E-state index is 0.0168. The Morgan fingerprint density at radius 2 is 0.685 bits per heavy atom. The van der Waals surface area contributed by atoms with Crippen molar-refractivity contribution in [1.29, 1.82) is 0 Å². The molecule has 0 heterocycles. The number of aliphatic hydroxyl groups is 2. The van der Waals surface area contributed by atoms with Gasteiger partial charge < -0.3 is 29.5 Å². The quantitative estimate of drug-likeness (QED) is 0.109. The SMILES string of the molecule is COc1ccc(N(c2ccc(OC)cc2)c2ccc3c4ccc(N(c5ccc(CO)cc5)c5ccc(CO)cc5)c5cccc(c6cccc2c63)c54)cc1. The van der Waals surface area contributed by atoms with Crippen LogP contribution in [0.15, 0.2) is 158 Å². The monoisotopic (exact) mass is 706 g/mol. The molecule has 0 aliphatic carbocycles. The van der Waals surface area contributed by atoms with Crippen molar-refractivity contribution in [1.82, 2.24) is 0 Å². The summed E-state index contributed by atoms with van der Waals surface area (Å²) in [5.74, 6) is 1.61. The van der Waals surface area contributed by atoms with Crippen LogP contribution < -0.4 is 19.3 Å². The van der Waals surface area contributed by atoms with Gasteiger partial charge in [0.2, 0.25) is 0 Å². The molecule has 54 heavy (non-hydrogen) atoms. The van der Waals surface area contributed by atoms with E-state index in [4.69, 9.17) is 9.47 Å². The number of rotatable bonds is 10. The Bertz CT molecular complexity index is 2440. The molecular formula is C48H38N2O4. The first kappa shape index (κ1) is 33.3. The van der Waals surface area contributed by atoms with Gasteiger partial charge in [-0.3, -0.25) is 0 Å². The normalized spacial score (nSPS) is 11.5. The van der Waals surface area contributed by atoms with E-state index >= 15 is 0 Å². The van der Waals surface area contributed by atoms with E-state index in [0.717, 1.165) is 67.5 Å². The van der Waals surface area contributed by atoms with Crippen LogP contribution in [0, 0.1) is 0 Å². The number of anilines is 6. The number of benzene rings is 9. The van der Waals surface area contributed by atoms with E-state index in [-0.39, 0.29) is 13.2 Å². The molecule has 0 bridgehead atoms. The number of hydrogen-bond donors (Lipinski definition) is 2. The minimum Gasteiger partial charge on any atom is -0.497 e. The molecule has 6 heteroatoms. The van der Waals surface area contributed by atoms with Gasteiger partial charge in [0.25, 0.3) is 0 Å². The largest absolute Gasteiger partial charge is 0.497 e. The molecule has 264 valence electrons. The highest BCUT2D eigenvalue weighted by Crippen LogP contribution is 2.49. The maximum Gasteiger partial charge on any atom is 0.119 e. The van der Waals surface area contributed by atoms with E-state index in [0.29, 0.717) is 0 Å². The first-order valence-corrected chi connectivity index (χ1v) is 18.0. The third-order valence-corrected chi connectivity index (χ3v) is 10.5. The second kappa shape index (κ2) is 13.7. The molecule has 0 fully saturated rings. The van der Waals surface area contributed by atoms with Gasteiger partial charge in [0, 0.05) is 33.5 Å². The van der Waals surface area contributed by atoms with Crippen LogP contribution in [0.25, 0.3) is 43.1 Å². The smallest absolute Gasteiger partial charge is 0.119 e. The zero-order valence-corrected chi connectivity index (χ0v) is 30.0. The van der Waals surface area contributed by atoms with E-state index in [1.807, 2.05) is 48.5 Å². The highest BCUT2D eigenvalue weighted by atomic mass is 16.5. The molecule has 0 aliphatic heterocycles. The summed E-state index contributed by atoms with van der Waals surface area (Å²) in [6, 6.07) is 54.6. The Labute approximate surface area is 313 Å². The molecule has 9 rings (SSSR count). The predicted molar refractivity (Wildman–Crippen MR) is 222 cm³/mol. The summed E-state index contributed by atoms with van der Waals surface area (Å²) in [4.78, 5) is 4.55. The van der Waals surface area contributed by atoms with Gasteiger partial charge in [-0.15, -0.1) is 0 Å². The molecular weight excluding hydrogens is 669 g/mol. The van der Waals surface area contributed by atoms with Gasteiger partial charge in [0.05, 0.1) is 38.8 Å². The van der Waals surface area contributed by atoms with Gasteiger partial charge in [0.1, 0.15) is 11.5 Å². The second-order valence-corrected chi connectivity index (χ2v) is 13.4. The summed E-state index contributed by atoms with van der Waals surface area (Å²) in [7, 11) is 3.37. The first-order valence-electron chi connectivity index (χ1n) is 18.0. The molecule has 0 amide bonds. The third-order valence-electron chi connectivity index (χ3n) is 10.5. The van der Waals surface area contributed by atoms with Crippen molar-refractivity contribution in [3.05, 3.63) is 169 Å². The Kier molecular flexibility index (Phi) is 8.47. The van der Waals surface area contributed by atoms with Crippen LogP contribution in [0.5, 0.6) is 11.5 Å². The van der Waals surface area contributed by atoms with Crippen molar-refractivity contribution in [3.63, 3.8) is 0 Å². The molecule has 0 aliphatic rings. The van der Waals surface area contributed by atoms with Gasteiger partial charge in [-0.25, -0.2) is 0 Å². The lowest BCUT2D eigenvalue weighted by Gasteiger charge is -2.29. The molecule has 0 unspecified atom stereocenters. The maximum absolute atomic E-state index is 9.79. The molecule has 9 aromatic carbocycles. The molecule has 0 spiro atoms. The second-order valence-electron chi connectivity index (χ2n) is 13.4. The molecule has 0 radical (unpaired) electrons. The standard InChI is InChI=1S/C48H38N2O4/c1-53-37-21-17-35(18-22-37)50(36-19-23-38(54-2)24-20-36)46-28-26-42-41-25-27-45(43-7-3-5-39(47(41)43)40-6-4-8-44(46)48(40)42)49(33-13-9-31(29-51)10-14-33)34-15-11-32(30-52)12-16-34/h3-28,51-52H,29-30H2,1-2H3. The van der Waals surface area contributed by atoms with E-state index in [2.05, 4.69) is 119 Å². The van der Waals surface area contributed by atoms with Crippen LogP contribution in [-0.2, 0) is 13.2 Å². The van der Waals surface area contributed by atoms with Crippen LogP contribution in [0.1, 0.15) is 11.1 Å². The topological polar surface area (TPSA) is 65.4 Å². The van der Waals surface area contributed by atoms with Gasteiger partial charge in [0.15, 0.2) is 0 Å². The Morgan fingerprint density at radius 1 is 0.370 bits per heavy atom. The highest BCUT2D eigenvalue weighted by Gasteiger charge is 2.22. The number of nitrogens with zero attached hydrogens (tertiary/aromatic N) is 2. The van der Waals surface area contributed by atoms with Crippen LogP contribution in [0.2, 0.25) is 0 Å². The summed E-state index contributed by atoms with van der Waals surface area (Å²) in [5.41, 5.74) is 7.81. The first-order chi connectivity index (χ1) is 26.6. The number of methoxy groups -OCH3 is 2. The fraction of sp³-hybridized carbons (Fsp3) is 0.0833. The maximum atomic E-state index is 9.79. The minimum atomic E-state index is -0.0168. The van der Waals surface area contributed by atoms with E-state index in [9.17, 15) is 10.2 Å². The summed E-state index contributed by atoms with van der Waals surface area (Å²) in [6.45, 7) is -0.0336. The van der Waals surface area contributed by atoms with E-state index < -0.39 is 0 Å². The van der Waals surface area contributed by atoms with Crippen molar-refractivity contribution in [3.8, 4) is 11.5 Å². The summed E-state index contributed by atoms with van der Waals surface area (Å²) in [5, 5.41) is 29.0.